The van der Waals surface area contributed by atoms with Crippen molar-refractivity contribution in [2.45, 2.75) is 104 Å². The molecule has 0 aliphatic heterocycles. The van der Waals surface area contributed by atoms with E-state index in [9.17, 15) is 4.79 Å². The molecule has 2 rings (SSSR count). The smallest absolute Gasteiger partial charge is 0.192 e. The van der Waals surface area contributed by atoms with Crippen LogP contribution in [0.5, 0.6) is 5.75 Å². The quantitative estimate of drug-likeness (QED) is 0.225. The molecular weight excluding hydrogens is 468 g/mol. The molecule has 0 spiro atoms. The molecule has 35 heavy (non-hydrogen) atoms. The Labute approximate surface area is 215 Å². The Morgan fingerprint density at radius 1 is 0.714 bits per heavy atom. The molecule has 0 aliphatic rings. The highest BCUT2D eigenvalue weighted by Gasteiger charge is 2.38. The summed E-state index contributed by atoms with van der Waals surface area (Å²) in [6, 6.07) is 14.2. The number of hydrogen-bond acceptors (Lipinski definition) is 4. The predicted octanol–water partition coefficient (Wildman–Crippen LogP) is 8.05. The molecule has 0 aliphatic carbocycles. The third-order valence-corrected chi connectivity index (χ3v) is 16.6. The number of ether oxygens (including phenoxy) is 1. The third-order valence-electron chi connectivity index (χ3n) is 7.68. The fourth-order valence-corrected chi connectivity index (χ4v) is 4.92. The lowest BCUT2D eigenvalue weighted by Gasteiger charge is -2.37. The number of rotatable bonds is 11. The zero-order valence-electron chi connectivity index (χ0n) is 23.6. The van der Waals surface area contributed by atoms with Crippen LogP contribution in [0.3, 0.4) is 0 Å². The van der Waals surface area contributed by atoms with Gasteiger partial charge in [0.15, 0.2) is 16.6 Å². The maximum absolute atomic E-state index is 10.9. The summed E-state index contributed by atoms with van der Waals surface area (Å²) in [7, 11) is -3.78. The fourth-order valence-electron chi connectivity index (χ4n) is 3.03. The third kappa shape index (κ3) is 8.41. The normalized spacial score (nSPS) is 13.1. The second kappa shape index (κ2) is 11.5. The van der Waals surface area contributed by atoms with Gasteiger partial charge < -0.3 is 18.4 Å². The summed E-state index contributed by atoms with van der Waals surface area (Å²) in [5.41, 5.74) is 4.34. The summed E-state index contributed by atoms with van der Waals surface area (Å²) in [6.45, 7) is 24.3. The fraction of sp³-hybridized carbons (Fsp3) is 0.552. The van der Waals surface area contributed by atoms with Crippen LogP contribution in [0.25, 0.3) is 0 Å². The molecule has 2 aromatic rings. The van der Waals surface area contributed by atoms with Crippen molar-refractivity contribution in [2.75, 3.05) is 0 Å². The van der Waals surface area contributed by atoms with E-state index < -0.39 is 16.6 Å². The molecule has 0 unspecified atom stereocenters. The van der Waals surface area contributed by atoms with Gasteiger partial charge in [-0.15, -0.1) is 0 Å². The van der Waals surface area contributed by atoms with Crippen LogP contribution < -0.4 is 4.74 Å². The molecule has 0 fully saturated rings. The monoisotopic (exact) mass is 514 g/mol. The van der Waals surface area contributed by atoms with Crippen molar-refractivity contribution >= 4 is 22.9 Å². The Morgan fingerprint density at radius 3 is 1.80 bits per heavy atom. The summed E-state index contributed by atoms with van der Waals surface area (Å²) < 4.78 is 19.3. The maximum atomic E-state index is 10.9. The van der Waals surface area contributed by atoms with Gasteiger partial charge in [-0.1, -0.05) is 71.9 Å². The van der Waals surface area contributed by atoms with Crippen LogP contribution in [0.15, 0.2) is 42.5 Å². The van der Waals surface area contributed by atoms with Gasteiger partial charge in [-0.3, -0.25) is 0 Å². The van der Waals surface area contributed by atoms with Crippen molar-refractivity contribution in [2.24, 2.45) is 0 Å². The molecule has 0 N–H and O–H groups in total. The summed E-state index contributed by atoms with van der Waals surface area (Å²) in [4.78, 5) is 10.9. The summed E-state index contributed by atoms with van der Waals surface area (Å²) in [5.74, 6) is 0.815. The Bertz CT molecular complexity index is 985. The number of carbonyl (C=O) groups excluding carboxylic acids is 1. The minimum absolute atomic E-state index is 0.144. The van der Waals surface area contributed by atoms with E-state index in [1.165, 1.54) is 0 Å². The maximum Gasteiger partial charge on any atom is 0.192 e. The molecule has 0 bridgehead atoms. The van der Waals surface area contributed by atoms with Gasteiger partial charge in [0.25, 0.3) is 0 Å². The SMILES string of the molecule is CC(C)(C)[Si](C)(C)OCc1ccc(OCc2cccc(CC=O)c2)cc1CO[Si](C)(C)C(C)(C)C. The van der Waals surface area contributed by atoms with E-state index in [1.54, 1.807) is 0 Å². The van der Waals surface area contributed by atoms with E-state index in [4.69, 9.17) is 13.6 Å². The van der Waals surface area contributed by atoms with Gasteiger partial charge >= 0.3 is 0 Å². The van der Waals surface area contributed by atoms with Crippen LogP contribution in [0, 0.1) is 0 Å². The van der Waals surface area contributed by atoms with Crippen LogP contribution >= 0.6 is 0 Å². The van der Waals surface area contributed by atoms with Crippen molar-refractivity contribution < 1.29 is 18.4 Å². The lowest BCUT2D eigenvalue weighted by Crippen LogP contribution is -2.41. The second-order valence-electron chi connectivity index (χ2n) is 12.5. The highest BCUT2D eigenvalue weighted by Crippen LogP contribution is 2.39. The Balaban J connectivity index is 2.24. The van der Waals surface area contributed by atoms with Crippen molar-refractivity contribution in [1.29, 1.82) is 0 Å². The molecule has 6 heteroatoms. The van der Waals surface area contributed by atoms with Crippen LogP contribution in [0.4, 0.5) is 0 Å². The van der Waals surface area contributed by atoms with E-state index in [0.29, 0.717) is 26.2 Å². The van der Waals surface area contributed by atoms with Crippen LogP contribution in [0.2, 0.25) is 36.3 Å². The van der Waals surface area contributed by atoms with Gasteiger partial charge in [-0.25, -0.2) is 0 Å². The molecule has 194 valence electrons. The van der Waals surface area contributed by atoms with E-state index in [-0.39, 0.29) is 10.1 Å². The first-order valence-corrected chi connectivity index (χ1v) is 18.4. The van der Waals surface area contributed by atoms with Gasteiger partial charge in [-0.2, -0.15) is 0 Å². The molecule has 0 saturated carbocycles. The Morgan fingerprint density at radius 2 is 1.26 bits per heavy atom. The lowest BCUT2D eigenvalue weighted by molar-refractivity contribution is -0.107. The van der Waals surface area contributed by atoms with Crippen LogP contribution in [0.1, 0.15) is 63.8 Å². The number of hydrogen-bond donors (Lipinski definition) is 0. The lowest BCUT2D eigenvalue weighted by atomic mass is 10.1. The van der Waals surface area contributed by atoms with Crippen molar-refractivity contribution in [1.82, 2.24) is 0 Å². The average Bonchev–Trinajstić information content (AvgIpc) is 2.74. The van der Waals surface area contributed by atoms with Gasteiger partial charge in [0.05, 0.1) is 13.2 Å². The van der Waals surface area contributed by atoms with Gasteiger partial charge in [-0.05, 0) is 70.7 Å². The van der Waals surface area contributed by atoms with Crippen molar-refractivity contribution in [3.8, 4) is 5.75 Å². The van der Waals surface area contributed by atoms with Gasteiger partial charge in [0, 0.05) is 6.42 Å². The average molecular weight is 515 g/mol. The predicted molar refractivity (Wildman–Crippen MR) is 151 cm³/mol. The zero-order chi connectivity index (χ0) is 26.5. The molecule has 4 nitrogen and oxygen atoms in total. The molecule has 2 aromatic carbocycles. The molecule has 0 amide bonds. The topological polar surface area (TPSA) is 44.8 Å². The minimum atomic E-state index is -1.90. The molecule has 0 atom stereocenters. The van der Waals surface area contributed by atoms with E-state index >= 15 is 0 Å². The summed E-state index contributed by atoms with van der Waals surface area (Å²) in [5, 5.41) is 0.303. The highest BCUT2D eigenvalue weighted by atomic mass is 28.4. The van der Waals surface area contributed by atoms with Crippen LogP contribution in [-0.2, 0) is 39.9 Å². The summed E-state index contributed by atoms with van der Waals surface area (Å²) in [6.07, 6.45) is 1.35. The first-order chi connectivity index (χ1) is 16.1. The number of benzene rings is 2. The van der Waals surface area contributed by atoms with Crippen molar-refractivity contribution in [3.63, 3.8) is 0 Å². The Kier molecular flexibility index (Phi) is 9.73. The summed E-state index contributed by atoms with van der Waals surface area (Å²) >= 11 is 0. The number of aldehydes is 1. The van der Waals surface area contributed by atoms with E-state index in [1.807, 2.05) is 30.3 Å². The highest BCUT2D eigenvalue weighted by molar-refractivity contribution is 6.74. The molecule has 0 heterocycles. The first kappa shape index (κ1) is 29.5. The van der Waals surface area contributed by atoms with Gasteiger partial charge in [0.1, 0.15) is 18.6 Å². The second-order valence-corrected chi connectivity index (χ2v) is 22.1. The van der Waals surface area contributed by atoms with E-state index in [0.717, 1.165) is 34.3 Å². The van der Waals surface area contributed by atoms with E-state index in [2.05, 4.69) is 79.9 Å². The molecule has 0 radical (unpaired) electrons. The zero-order valence-corrected chi connectivity index (χ0v) is 25.6. The largest absolute Gasteiger partial charge is 0.489 e. The molecule has 0 saturated heterocycles. The Hall–Kier alpha value is -1.74. The first-order valence-electron chi connectivity index (χ1n) is 12.6. The van der Waals surface area contributed by atoms with Crippen molar-refractivity contribution in [3.05, 3.63) is 64.7 Å². The number of carbonyl (C=O) groups is 1. The molecular formula is C29H46O4Si2. The standard InChI is InChI=1S/C29H46O4Si2/c1-28(2,3)34(7,8)32-21-25-14-15-27(19-26(25)22-33-35(9,10)29(4,5)6)31-20-24-13-11-12-23(18-24)16-17-30/h11-15,17-19H,16,20-22H2,1-10H3. The minimum Gasteiger partial charge on any atom is -0.489 e. The van der Waals surface area contributed by atoms with Crippen LogP contribution in [-0.4, -0.2) is 22.9 Å². The molecule has 0 aromatic heterocycles. The van der Waals surface area contributed by atoms with Gasteiger partial charge in [0.2, 0.25) is 0 Å².